The number of hydrogen-bond donors (Lipinski definition) is 1. The largest absolute Gasteiger partial charge is 0.394 e. The van der Waals surface area contributed by atoms with E-state index in [0.29, 0.717) is 39.0 Å². The molecule has 1 spiro atoms. The fourth-order valence-corrected chi connectivity index (χ4v) is 9.65. The van der Waals surface area contributed by atoms with E-state index < -0.39 is 33.4 Å². The van der Waals surface area contributed by atoms with Crippen molar-refractivity contribution in [2.75, 3.05) is 32.8 Å². The van der Waals surface area contributed by atoms with Gasteiger partial charge in [-0.15, -0.1) is 24.9 Å². The minimum absolute atomic E-state index is 0.00461. The number of aliphatic hydroxyl groups excluding tert-OH is 1. The van der Waals surface area contributed by atoms with Gasteiger partial charge in [0.1, 0.15) is 6.04 Å². The third kappa shape index (κ3) is 5.83. The Kier molecular flexibility index (Phi) is 10.8. The second-order valence-electron chi connectivity index (χ2n) is 12.3. The highest BCUT2D eigenvalue weighted by Crippen LogP contribution is 2.72. The maximum atomic E-state index is 14.5. The highest BCUT2D eigenvalue weighted by molar-refractivity contribution is 8.02. The summed E-state index contributed by atoms with van der Waals surface area (Å²) in [5.74, 6) is -1.04. The predicted octanol–water partition coefficient (Wildman–Crippen LogP) is 4.50. The van der Waals surface area contributed by atoms with Crippen molar-refractivity contribution < 1.29 is 19.5 Å². The summed E-state index contributed by atoms with van der Waals surface area (Å²) in [6.07, 6.45) is 9.39. The van der Waals surface area contributed by atoms with Crippen molar-refractivity contribution in [3.63, 3.8) is 0 Å². The third-order valence-electron chi connectivity index (χ3n) is 8.91. The molecule has 3 fully saturated rings. The van der Waals surface area contributed by atoms with Crippen molar-refractivity contribution in [3.05, 3.63) is 25.3 Å². The van der Waals surface area contributed by atoms with E-state index in [1.807, 2.05) is 16.7 Å². The first-order valence-corrected chi connectivity index (χ1v) is 15.8. The summed E-state index contributed by atoms with van der Waals surface area (Å²) >= 11 is 1.71. The molecule has 220 valence electrons. The lowest BCUT2D eigenvalue weighted by atomic mass is 9.66. The van der Waals surface area contributed by atoms with Crippen LogP contribution in [0.2, 0.25) is 0 Å². The van der Waals surface area contributed by atoms with E-state index in [9.17, 15) is 19.5 Å². The molecule has 6 atom stereocenters. The number of carbonyl (C=O) groups excluding carboxylic acids is 3. The number of likely N-dealkylation sites (tertiary alicyclic amines) is 1. The SMILES string of the molecule is C=CCN(CCCCC)C(=O)C1N([C@@H](CO)CC(C)C)C(=O)[C@@H]2[C@H](C(=O)N(CC=C)CCC)[C@]3(C)CCC12S3. The molecule has 3 aliphatic heterocycles. The van der Waals surface area contributed by atoms with Crippen molar-refractivity contribution in [1.29, 1.82) is 0 Å². The van der Waals surface area contributed by atoms with E-state index in [-0.39, 0.29) is 30.2 Å². The molecule has 0 saturated carbocycles. The molecule has 1 N–H and O–H groups in total. The van der Waals surface area contributed by atoms with Crippen LogP contribution in [0.5, 0.6) is 0 Å². The Labute approximate surface area is 240 Å². The Morgan fingerprint density at radius 3 is 2.26 bits per heavy atom. The van der Waals surface area contributed by atoms with Gasteiger partial charge < -0.3 is 19.8 Å². The van der Waals surface area contributed by atoms with Crippen LogP contribution in [-0.4, -0.2) is 91.9 Å². The summed E-state index contributed by atoms with van der Waals surface area (Å²) in [5.41, 5.74) is 0. The fraction of sp³-hybridized carbons (Fsp3) is 0.774. The molecule has 2 bridgehead atoms. The fourth-order valence-electron chi connectivity index (χ4n) is 7.32. The van der Waals surface area contributed by atoms with Crippen LogP contribution in [-0.2, 0) is 14.4 Å². The lowest BCUT2D eigenvalue weighted by Gasteiger charge is -2.40. The number of amides is 3. The number of aliphatic hydroxyl groups is 1. The highest BCUT2D eigenvalue weighted by atomic mass is 32.2. The van der Waals surface area contributed by atoms with Gasteiger partial charge in [0.2, 0.25) is 17.7 Å². The Morgan fingerprint density at radius 1 is 1.08 bits per heavy atom. The van der Waals surface area contributed by atoms with E-state index >= 15 is 0 Å². The average molecular weight is 562 g/mol. The zero-order valence-corrected chi connectivity index (χ0v) is 25.7. The molecule has 7 nitrogen and oxygen atoms in total. The molecule has 0 radical (unpaired) electrons. The van der Waals surface area contributed by atoms with Crippen molar-refractivity contribution in [1.82, 2.24) is 14.7 Å². The first-order chi connectivity index (χ1) is 18.6. The molecule has 8 heteroatoms. The minimum atomic E-state index is -0.698. The molecule has 3 heterocycles. The van der Waals surface area contributed by atoms with Gasteiger partial charge in [-0.05, 0) is 44.9 Å². The zero-order valence-electron chi connectivity index (χ0n) is 24.9. The number of unbranched alkanes of at least 4 members (excludes halogenated alkanes) is 2. The number of nitrogens with zero attached hydrogens (tertiary/aromatic N) is 3. The Balaban J connectivity index is 2.11. The molecule has 39 heavy (non-hydrogen) atoms. The van der Waals surface area contributed by atoms with Crippen LogP contribution in [0.1, 0.15) is 79.6 Å². The Morgan fingerprint density at radius 2 is 1.72 bits per heavy atom. The number of thioether (sulfide) groups is 1. The number of fused-ring (bicyclic) bond motifs is 1. The molecular weight excluding hydrogens is 510 g/mol. The van der Waals surface area contributed by atoms with Crippen LogP contribution in [0.3, 0.4) is 0 Å². The number of hydrogen-bond acceptors (Lipinski definition) is 5. The molecule has 3 aliphatic rings. The molecule has 0 aromatic heterocycles. The van der Waals surface area contributed by atoms with Crippen LogP contribution < -0.4 is 0 Å². The molecular formula is C31H51N3O4S. The van der Waals surface area contributed by atoms with E-state index in [4.69, 9.17) is 0 Å². The van der Waals surface area contributed by atoms with Crippen LogP contribution in [0.25, 0.3) is 0 Å². The molecule has 3 rings (SSSR count). The topological polar surface area (TPSA) is 81.2 Å². The molecule has 0 aliphatic carbocycles. The van der Waals surface area contributed by atoms with Crippen LogP contribution in [0.15, 0.2) is 25.3 Å². The monoisotopic (exact) mass is 561 g/mol. The third-order valence-corrected chi connectivity index (χ3v) is 10.9. The van der Waals surface area contributed by atoms with Gasteiger partial charge >= 0.3 is 0 Å². The first-order valence-electron chi connectivity index (χ1n) is 15.0. The maximum Gasteiger partial charge on any atom is 0.247 e. The Bertz CT molecular complexity index is 926. The second-order valence-corrected chi connectivity index (χ2v) is 14.2. The van der Waals surface area contributed by atoms with E-state index in [1.165, 1.54) is 0 Å². The van der Waals surface area contributed by atoms with Gasteiger partial charge in [-0.2, -0.15) is 0 Å². The molecule has 0 aromatic rings. The zero-order chi connectivity index (χ0) is 29.0. The summed E-state index contributed by atoms with van der Waals surface area (Å²) in [7, 11) is 0. The van der Waals surface area contributed by atoms with Gasteiger partial charge in [0.25, 0.3) is 0 Å². The predicted molar refractivity (Wildman–Crippen MR) is 159 cm³/mol. The van der Waals surface area contributed by atoms with Crippen LogP contribution in [0, 0.1) is 17.8 Å². The number of carbonyl (C=O) groups is 3. The maximum absolute atomic E-state index is 14.5. The van der Waals surface area contributed by atoms with E-state index in [1.54, 1.807) is 28.8 Å². The minimum Gasteiger partial charge on any atom is -0.394 e. The smallest absolute Gasteiger partial charge is 0.247 e. The Hall–Kier alpha value is -1.80. The standard InChI is InChI=1S/C31H51N3O4S/c1-8-12-13-19-33(18-11-4)29(38)26-31-15-14-30(7,39-31)24(27(36)32(16-9-2)17-10-3)25(31)28(37)34(26)23(21-35)20-22(5)6/h9,11,22-26,35H,2,4,8,10,12-21H2,1,3,5-7H3/t23-,24-,25+,26?,30+,31?/m1/s1. The first kappa shape index (κ1) is 31.7. The van der Waals surface area contributed by atoms with Crippen molar-refractivity contribution in [3.8, 4) is 0 Å². The molecule has 0 aromatic carbocycles. The average Bonchev–Trinajstić information content (AvgIpc) is 3.46. The molecule has 3 amide bonds. The normalized spacial score (nSPS) is 30.0. The summed E-state index contributed by atoms with van der Waals surface area (Å²) in [6, 6.07) is -1.16. The lowest BCUT2D eigenvalue weighted by Crippen LogP contribution is -2.57. The number of rotatable bonds is 16. The van der Waals surface area contributed by atoms with Gasteiger partial charge in [0.05, 0.1) is 29.2 Å². The summed E-state index contributed by atoms with van der Waals surface area (Å²) in [4.78, 5) is 48.6. The van der Waals surface area contributed by atoms with E-state index in [2.05, 4.69) is 40.9 Å². The molecule has 3 saturated heterocycles. The van der Waals surface area contributed by atoms with Crippen molar-refractivity contribution >= 4 is 29.5 Å². The highest BCUT2D eigenvalue weighted by Gasteiger charge is 2.78. The lowest BCUT2D eigenvalue weighted by molar-refractivity contribution is -0.148. The summed E-state index contributed by atoms with van der Waals surface area (Å²) < 4.78 is -1.09. The van der Waals surface area contributed by atoms with Crippen LogP contribution in [0.4, 0.5) is 0 Å². The van der Waals surface area contributed by atoms with Crippen molar-refractivity contribution in [2.24, 2.45) is 17.8 Å². The van der Waals surface area contributed by atoms with E-state index in [0.717, 1.165) is 32.1 Å². The van der Waals surface area contributed by atoms with Gasteiger partial charge in [-0.25, -0.2) is 0 Å². The van der Waals surface area contributed by atoms with Gasteiger partial charge in [0.15, 0.2) is 0 Å². The van der Waals surface area contributed by atoms with Crippen molar-refractivity contribution in [2.45, 2.75) is 101 Å². The summed E-state index contributed by atoms with van der Waals surface area (Å²) in [6.45, 7) is 20.1. The quantitative estimate of drug-likeness (QED) is 0.222. The summed E-state index contributed by atoms with van der Waals surface area (Å²) in [5, 5.41) is 10.5. The van der Waals surface area contributed by atoms with Gasteiger partial charge in [-0.3, -0.25) is 14.4 Å². The van der Waals surface area contributed by atoms with Crippen LogP contribution >= 0.6 is 11.8 Å². The van der Waals surface area contributed by atoms with Gasteiger partial charge in [0, 0.05) is 30.9 Å². The second kappa shape index (κ2) is 13.2. The molecule has 2 unspecified atom stereocenters. The van der Waals surface area contributed by atoms with Gasteiger partial charge in [-0.1, -0.05) is 52.7 Å².